The molecule has 3 aromatic rings. The third kappa shape index (κ3) is 3.31. The van der Waals surface area contributed by atoms with Gasteiger partial charge in [0, 0.05) is 29.6 Å². The van der Waals surface area contributed by atoms with E-state index in [1.54, 1.807) is 6.20 Å². The highest BCUT2D eigenvalue weighted by molar-refractivity contribution is 5.57. The summed E-state index contributed by atoms with van der Waals surface area (Å²) in [5.41, 5.74) is 3.37. The van der Waals surface area contributed by atoms with Gasteiger partial charge in [-0.05, 0) is 38.0 Å². The molecule has 4 rings (SSSR count). The predicted octanol–water partition coefficient (Wildman–Crippen LogP) is 3.87. The zero-order valence-electron chi connectivity index (χ0n) is 12.9. The number of hydrogen-bond acceptors (Lipinski definition) is 5. The van der Waals surface area contributed by atoms with Crippen LogP contribution in [0, 0.1) is 6.92 Å². The molecule has 2 aromatic heterocycles. The van der Waals surface area contributed by atoms with Gasteiger partial charge < -0.3 is 10.6 Å². The molecule has 0 saturated heterocycles. The Morgan fingerprint density at radius 2 is 1.87 bits per heavy atom. The van der Waals surface area contributed by atoms with E-state index in [1.165, 1.54) is 24.1 Å². The maximum Gasteiger partial charge on any atom is 0.229 e. The summed E-state index contributed by atoms with van der Waals surface area (Å²) >= 11 is 0. The zero-order chi connectivity index (χ0) is 15.6. The van der Waals surface area contributed by atoms with E-state index < -0.39 is 0 Å². The molecule has 0 radical (unpaired) electrons. The van der Waals surface area contributed by atoms with Gasteiger partial charge in [0.05, 0.1) is 0 Å². The van der Waals surface area contributed by atoms with Crippen molar-refractivity contribution in [2.45, 2.75) is 25.7 Å². The van der Waals surface area contributed by atoms with Gasteiger partial charge >= 0.3 is 0 Å². The topological polar surface area (TPSA) is 78.5 Å². The predicted molar refractivity (Wildman–Crippen MR) is 90.3 cm³/mol. The Kier molecular flexibility index (Phi) is 3.42. The average molecular weight is 306 g/mol. The lowest BCUT2D eigenvalue weighted by atomic mass is 10.2. The Bertz CT molecular complexity index is 804. The molecule has 0 spiro atoms. The van der Waals surface area contributed by atoms with Crippen LogP contribution in [0.15, 0.2) is 42.6 Å². The molecule has 0 aliphatic heterocycles. The largest absolute Gasteiger partial charge is 0.324 e. The van der Waals surface area contributed by atoms with Gasteiger partial charge in [0.2, 0.25) is 5.95 Å². The summed E-state index contributed by atoms with van der Waals surface area (Å²) in [7, 11) is 0. The first kappa shape index (κ1) is 13.8. The highest BCUT2D eigenvalue weighted by Gasteiger charge is 2.25. The Morgan fingerprint density at radius 1 is 1.04 bits per heavy atom. The van der Waals surface area contributed by atoms with E-state index in [-0.39, 0.29) is 0 Å². The third-order valence-corrected chi connectivity index (χ3v) is 3.83. The fraction of sp³-hybridized carbons (Fsp3) is 0.235. The molecule has 1 aliphatic carbocycles. The first-order valence-electron chi connectivity index (χ1n) is 7.75. The Morgan fingerprint density at radius 3 is 2.65 bits per heavy atom. The van der Waals surface area contributed by atoms with E-state index in [1.807, 2.05) is 36.4 Å². The van der Waals surface area contributed by atoms with Gasteiger partial charge in [-0.25, -0.2) is 4.98 Å². The molecule has 0 atom stereocenters. The number of nitrogens with one attached hydrogen (secondary N) is 3. The Hall–Kier alpha value is -2.89. The van der Waals surface area contributed by atoms with Crippen LogP contribution in [0.2, 0.25) is 0 Å². The van der Waals surface area contributed by atoms with Crippen molar-refractivity contribution in [1.82, 2.24) is 20.2 Å². The van der Waals surface area contributed by atoms with Crippen LogP contribution >= 0.6 is 0 Å². The highest BCUT2D eigenvalue weighted by Crippen LogP contribution is 2.39. The van der Waals surface area contributed by atoms with Crippen molar-refractivity contribution in [3.63, 3.8) is 0 Å². The smallest absolute Gasteiger partial charge is 0.229 e. The van der Waals surface area contributed by atoms with Crippen molar-refractivity contribution in [3.8, 4) is 0 Å². The maximum absolute atomic E-state index is 4.47. The molecular formula is C17H18N6. The molecule has 1 aromatic carbocycles. The molecule has 6 heteroatoms. The van der Waals surface area contributed by atoms with Crippen molar-refractivity contribution in [2.24, 2.45) is 0 Å². The van der Waals surface area contributed by atoms with E-state index >= 15 is 0 Å². The quantitative estimate of drug-likeness (QED) is 0.667. The summed E-state index contributed by atoms with van der Waals surface area (Å²) < 4.78 is 0. The lowest BCUT2D eigenvalue weighted by Crippen LogP contribution is -2.00. The number of rotatable bonds is 5. The van der Waals surface area contributed by atoms with E-state index in [4.69, 9.17) is 0 Å². The molecule has 0 unspecified atom stereocenters. The maximum atomic E-state index is 4.47. The normalized spacial score (nSPS) is 13.8. The van der Waals surface area contributed by atoms with E-state index in [0.29, 0.717) is 17.7 Å². The number of aromatic nitrogens is 4. The van der Waals surface area contributed by atoms with E-state index in [9.17, 15) is 0 Å². The van der Waals surface area contributed by atoms with Crippen molar-refractivity contribution < 1.29 is 0 Å². The van der Waals surface area contributed by atoms with Crippen molar-refractivity contribution in [2.75, 3.05) is 10.6 Å². The SMILES string of the molecule is Cc1ccc(Nc2nccc(Nc3cc(C4CC4)[nH]n3)n2)cc1. The summed E-state index contributed by atoms with van der Waals surface area (Å²) in [6.45, 7) is 2.06. The van der Waals surface area contributed by atoms with Crippen LogP contribution in [-0.4, -0.2) is 20.2 Å². The first-order valence-corrected chi connectivity index (χ1v) is 7.75. The second kappa shape index (κ2) is 5.72. The molecule has 0 bridgehead atoms. The average Bonchev–Trinajstić information content (AvgIpc) is 3.30. The molecule has 3 N–H and O–H groups in total. The molecule has 1 saturated carbocycles. The summed E-state index contributed by atoms with van der Waals surface area (Å²) in [4.78, 5) is 8.72. The number of aryl methyl sites for hydroxylation is 1. The van der Waals surface area contributed by atoms with Crippen LogP contribution < -0.4 is 10.6 Å². The van der Waals surface area contributed by atoms with Gasteiger partial charge in [0.15, 0.2) is 5.82 Å². The number of nitrogens with zero attached hydrogens (tertiary/aromatic N) is 3. The summed E-state index contributed by atoms with van der Waals surface area (Å²) in [6.07, 6.45) is 4.22. The zero-order valence-corrected chi connectivity index (χ0v) is 12.9. The Balaban J connectivity index is 1.47. The van der Waals surface area contributed by atoms with Gasteiger partial charge in [-0.3, -0.25) is 5.10 Å². The molecular weight excluding hydrogens is 288 g/mol. The van der Waals surface area contributed by atoms with Crippen molar-refractivity contribution in [1.29, 1.82) is 0 Å². The molecule has 1 fully saturated rings. The highest BCUT2D eigenvalue weighted by atomic mass is 15.2. The Labute approximate surface area is 134 Å². The molecule has 6 nitrogen and oxygen atoms in total. The monoisotopic (exact) mass is 306 g/mol. The van der Waals surface area contributed by atoms with Crippen molar-refractivity contribution >= 4 is 23.3 Å². The third-order valence-electron chi connectivity index (χ3n) is 3.83. The van der Waals surface area contributed by atoms with E-state index in [0.717, 1.165) is 11.5 Å². The van der Waals surface area contributed by atoms with Crippen LogP contribution in [0.1, 0.15) is 30.0 Å². The molecule has 116 valence electrons. The van der Waals surface area contributed by atoms with Gasteiger partial charge in [0.1, 0.15) is 5.82 Å². The summed E-state index contributed by atoms with van der Waals surface area (Å²) in [6, 6.07) is 12.0. The fourth-order valence-electron chi connectivity index (χ4n) is 2.39. The number of hydrogen-bond donors (Lipinski definition) is 3. The van der Waals surface area contributed by atoms with Gasteiger partial charge in [0.25, 0.3) is 0 Å². The summed E-state index contributed by atoms with van der Waals surface area (Å²) in [5.74, 6) is 2.70. The van der Waals surface area contributed by atoms with Gasteiger partial charge in [-0.15, -0.1) is 0 Å². The fourth-order valence-corrected chi connectivity index (χ4v) is 2.39. The van der Waals surface area contributed by atoms with Crippen LogP contribution in [0.4, 0.5) is 23.3 Å². The molecule has 23 heavy (non-hydrogen) atoms. The first-order chi connectivity index (χ1) is 11.3. The minimum atomic E-state index is 0.553. The second-order valence-electron chi connectivity index (χ2n) is 5.86. The molecule has 1 aliphatic rings. The van der Waals surface area contributed by atoms with E-state index in [2.05, 4.69) is 37.7 Å². The number of H-pyrrole nitrogens is 1. The second-order valence-corrected chi connectivity index (χ2v) is 5.86. The van der Waals surface area contributed by atoms with Crippen molar-refractivity contribution in [3.05, 3.63) is 53.9 Å². The lowest BCUT2D eigenvalue weighted by molar-refractivity contribution is 0.966. The minimum absolute atomic E-state index is 0.553. The van der Waals surface area contributed by atoms with Crippen LogP contribution in [0.25, 0.3) is 0 Å². The van der Waals surface area contributed by atoms with Gasteiger partial charge in [-0.2, -0.15) is 10.1 Å². The van der Waals surface area contributed by atoms with Crippen LogP contribution in [0.3, 0.4) is 0 Å². The standard InChI is InChI=1S/C17H18N6/c1-11-2-6-13(7-3-11)19-17-18-9-8-15(21-17)20-16-10-14(22-23-16)12-4-5-12/h2-3,6-10,12H,4-5H2,1H3,(H3,18,19,20,21,22,23). The molecule has 0 amide bonds. The lowest BCUT2D eigenvalue weighted by Gasteiger charge is -2.07. The minimum Gasteiger partial charge on any atom is -0.324 e. The molecule has 2 heterocycles. The summed E-state index contributed by atoms with van der Waals surface area (Å²) in [5, 5.41) is 13.8. The van der Waals surface area contributed by atoms with Gasteiger partial charge in [-0.1, -0.05) is 17.7 Å². The van der Waals surface area contributed by atoms with Crippen LogP contribution in [-0.2, 0) is 0 Å². The van der Waals surface area contributed by atoms with Crippen LogP contribution in [0.5, 0.6) is 0 Å². The number of anilines is 4. The number of benzene rings is 1. The number of aromatic amines is 1.